The molecule has 3 fully saturated rings. The van der Waals surface area contributed by atoms with Crippen LogP contribution >= 0.6 is 0 Å². The van der Waals surface area contributed by atoms with Crippen molar-refractivity contribution >= 4 is 0 Å². The fraction of sp³-hybridized carbons (Fsp3) is 0.867. The minimum atomic E-state index is -0.0277. The summed E-state index contributed by atoms with van der Waals surface area (Å²) in [5, 5.41) is 7.64. The molecule has 6 heteroatoms. The Morgan fingerprint density at radius 1 is 1.48 bits per heavy atom. The molecule has 1 aromatic rings. The topological polar surface area (TPSA) is 63.4 Å². The van der Waals surface area contributed by atoms with Crippen molar-refractivity contribution in [2.45, 2.75) is 50.2 Å². The van der Waals surface area contributed by atoms with Gasteiger partial charge in [-0.05, 0) is 38.8 Å². The van der Waals surface area contributed by atoms with Crippen LogP contribution in [0, 0.1) is 0 Å². The van der Waals surface area contributed by atoms with E-state index in [2.05, 4.69) is 22.3 Å². The van der Waals surface area contributed by atoms with E-state index in [0.29, 0.717) is 6.04 Å². The van der Waals surface area contributed by atoms with Crippen molar-refractivity contribution in [3.63, 3.8) is 0 Å². The Morgan fingerprint density at radius 3 is 3.24 bits per heavy atom. The summed E-state index contributed by atoms with van der Waals surface area (Å²) in [5.74, 6) is 1.52. The van der Waals surface area contributed by atoms with Crippen LogP contribution in [0.2, 0.25) is 0 Å². The molecule has 3 aliphatic rings. The number of hydrogen-bond donors (Lipinski definition) is 1. The van der Waals surface area contributed by atoms with Crippen LogP contribution < -0.4 is 5.32 Å². The van der Waals surface area contributed by atoms with Crippen molar-refractivity contribution in [3.8, 4) is 0 Å². The zero-order chi connectivity index (χ0) is 14.3. The van der Waals surface area contributed by atoms with Crippen LogP contribution in [0.3, 0.4) is 0 Å². The maximum absolute atomic E-state index is 5.98. The highest BCUT2D eigenvalue weighted by atomic mass is 16.5. The van der Waals surface area contributed by atoms with Crippen molar-refractivity contribution in [1.82, 2.24) is 20.4 Å². The molecule has 1 N–H and O–H groups in total. The lowest BCUT2D eigenvalue weighted by atomic mass is 9.84. The molecule has 6 nitrogen and oxygen atoms in total. The second kappa shape index (κ2) is 5.34. The van der Waals surface area contributed by atoms with Crippen LogP contribution in [-0.4, -0.2) is 53.9 Å². The zero-order valence-electron chi connectivity index (χ0n) is 12.7. The van der Waals surface area contributed by atoms with Crippen LogP contribution in [0.15, 0.2) is 4.52 Å². The molecule has 3 saturated heterocycles. The number of rotatable bonds is 3. The predicted molar refractivity (Wildman–Crippen MR) is 77.0 cm³/mol. The highest BCUT2D eigenvalue weighted by molar-refractivity contribution is 5.10. The summed E-state index contributed by atoms with van der Waals surface area (Å²) in [6.45, 7) is 7.04. The van der Waals surface area contributed by atoms with Gasteiger partial charge in [0, 0.05) is 19.1 Å². The summed E-state index contributed by atoms with van der Waals surface area (Å²) in [6.07, 6.45) is 4.62. The Balaban J connectivity index is 1.52. The first-order chi connectivity index (χ1) is 10.3. The second-order valence-electron chi connectivity index (χ2n) is 6.63. The molecule has 21 heavy (non-hydrogen) atoms. The Kier molecular flexibility index (Phi) is 3.47. The first kappa shape index (κ1) is 13.7. The van der Waals surface area contributed by atoms with Crippen molar-refractivity contribution < 1.29 is 9.26 Å². The molecule has 3 atom stereocenters. The third-order valence-corrected chi connectivity index (χ3v) is 5.49. The second-order valence-corrected chi connectivity index (χ2v) is 6.63. The molecule has 0 aliphatic carbocycles. The minimum absolute atomic E-state index is 0.0239. The van der Waals surface area contributed by atoms with Crippen LogP contribution in [0.25, 0.3) is 0 Å². The molecule has 0 aromatic carbocycles. The van der Waals surface area contributed by atoms with Crippen LogP contribution in [-0.2, 0) is 10.2 Å². The van der Waals surface area contributed by atoms with Crippen LogP contribution in [0.4, 0.5) is 0 Å². The van der Waals surface area contributed by atoms with Crippen molar-refractivity contribution in [2.24, 2.45) is 0 Å². The molecule has 0 spiro atoms. The van der Waals surface area contributed by atoms with E-state index in [1.165, 1.54) is 19.4 Å². The number of nitrogens with zero attached hydrogens (tertiary/aromatic N) is 3. The Morgan fingerprint density at radius 2 is 2.43 bits per heavy atom. The van der Waals surface area contributed by atoms with E-state index in [9.17, 15) is 0 Å². The van der Waals surface area contributed by atoms with E-state index in [1.54, 1.807) is 0 Å². The largest absolute Gasteiger partial charge is 0.367 e. The summed E-state index contributed by atoms with van der Waals surface area (Å²) in [4.78, 5) is 7.21. The number of ether oxygens (including phenoxy) is 1. The molecule has 4 rings (SSSR count). The molecular weight excluding hydrogens is 268 g/mol. The third-order valence-electron chi connectivity index (χ3n) is 5.49. The summed E-state index contributed by atoms with van der Waals surface area (Å²) in [6, 6.07) is 0.605. The Bertz CT molecular complexity index is 498. The van der Waals surface area contributed by atoms with Gasteiger partial charge in [-0.2, -0.15) is 4.98 Å². The molecule has 0 radical (unpaired) electrons. The summed E-state index contributed by atoms with van der Waals surface area (Å²) in [5.41, 5.74) is 0.0239. The highest BCUT2D eigenvalue weighted by Crippen LogP contribution is 2.34. The van der Waals surface area contributed by atoms with Crippen molar-refractivity contribution in [2.75, 3.05) is 32.8 Å². The lowest BCUT2D eigenvalue weighted by Crippen LogP contribution is -2.42. The standard InChI is InChI=1S/C15H24N4O2/c1-2-15(5-6-16-10-15)14-17-13(18-21-14)12-8-19-7-3-4-11(19)9-20-12/h11-12,16H,2-10H2,1H3. The van der Waals surface area contributed by atoms with Gasteiger partial charge in [0.25, 0.3) is 0 Å². The minimum Gasteiger partial charge on any atom is -0.367 e. The van der Waals surface area contributed by atoms with E-state index >= 15 is 0 Å². The van der Waals surface area contributed by atoms with Crippen LogP contribution in [0.1, 0.15) is 50.4 Å². The molecular formula is C15H24N4O2. The van der Waals surface area contributed by atoms with Gasteiger partial charge in [-0.25, -0.2) is 0 Å². The monoisotopic (exact) mass is 292 g/mol. The van der Waals surface area contributed by atoms with E-state index in [-0.39, 0.29) is 11.5 Å². The first-order valence-electron chi connectivity index (χ1n) is 8.21. The predicted octanol–water partition coefficient (Wildman–Crippen LogP) is 1.25. The van der Waals surface area contributed by atoms with Crippen molar-refractivity contribution in [1.29, 1.82) is 0 Å². The molecule has 116 valence electrons. The number of morpholine rings is 1. The van der Waals surface area contributed by atoms with Gasteiger partial charge >= 0.3 is 0 Å². The number of hydrogen-bond acceptors (Lipinski definition) is 6. The maximum atomic E-state index is 5.98. The van der Waals surface area contributed by atoms with E-state index in [0.717, 1.165) is 50.8 Å². The quantitative estimate of drug-likeness (QED) is 0.904. The smallest absolute Gasteiger partial charge is 0.234 e. The molecule has 0 saturated carbocycles. The number of fused-ring (bicyclic) bond motifs is 1. The van der Waals surface area contributed by atoms with Gasteiger partial charge in [-0.15, -0.1) is 0 Å². The molecule has 0 bridgehead atoms. The molecule has 0 amide bonds. The first-order valence-corrected chi connectivity index (χ1v) is 8.21. The van der Waals surface area contributed by atoms with E-state index < -0.39 is 0 Å². The Hall–Kier alpha value is -0.980. The lowest BCUT2D eigenvalue weighted by Gasteiger charge is -2.33. The molecule has 1 aromatic heterocycles. The molecule has 3 aliphatic heterocycles. The average Bonchev–Trinajstić information content (AvgIpc) is 3.25. The Labute approximate surface area is 125 Å². The van der Waals surface area contributed by atoms with E-state index in [4.69, 9.17) is 14.2 Å². The van der Waals surface area contributed by atoms with Gasteiger partial charge in [0.05, 0.1) is 12.0 Å². The van der Waals surface area contributed by atoms with Gasteiger partial charge in [0.2, 0.25) is 11.7 Å². The SMILES string of the molecule is CCC1(c2nc(C3CN4CCCC4CO3)no2)CCNC1. The summed E-state index contributed by atoms with van der Waals surface area (Å²) in [7, 11) is 0. The summed E-state index contributed by atoms with van der Waals surface area (Å²) < 4.78 is 11.6. The van der Waals surface area contributed by atoms with Gasteiger partial charge in [-0.3, -0.25) is 4.90 Å². The maximum Gasteiger partial charge on any atom is 0.234 e. The van der Waals surface area contributed by atoms with E-state index in [1.807, 2.05) is 0 Å². The zero-order valence-corrected chi connectivity index (χ0v) is 12.7. The van der Waals surface area contributed by atoms with Gasteiger partial charge in [-0.1, -0.05) is 12.1 Å². The highest BCUT2D eigenvalue weighted by Gasteiger charge is 2.41. The van der Waals surface area contributed by atoms with Gasteiger partial charge < -0.3 is 14.6 Å². The molecule has 4 heterocycles. The lowest BCUT2D eigenvalue weighted by molar-refractivity contribution is -0.0548. The fourth-order valence-electron chi connectivity index (χ4n) is 3.93. The third kappa shape index (κ3) is 2.29. The van der Waals surface area contributed by atoms with Gasteiger partial charge in [0.15, 0.2) is 0 Å². The van der Waals surface area contributed by atoms with Crippen LogP contribution in [0.5, 0.6) is 0 Å². The van der Waals surface area contributed by atoms with Gasteiger partial charge in [0.1, 0.15) is 6.10 Å². The number of aromatic nitrogens is 2. The summed E-state index contributed by atoms with van der Waals surface area (Å²) >= 11 is 0. The normalized spacial score (nSPS) is 37.0. The van der Waals surface area contributed by atoms with Crippen molar-refractivity contribution in [3.05, 3.63) is 11.7 Å². The fourth-order valence-corrected chi connectivity index (χ4v) is 3.93. The number of nitrogens with one attached hydrogen (secondary N) is 1. The molecule has 3 unspecified atom stereocenters. The average molecular weight is 292 g/mol.